The van der Waals surface area contributed by atoms with E-state index in [9.17, 15) is 18.0 Å². The number of benzene rings is 2. The lowest BCUT2D eigenvalue weighted by molar-refractivity contribution is -0.274. The van der Waals surface area contributed by atoms with Gasteiger partial charge in [-0.25, -0.2) is 4.79 Å². The molecule has 1 N–H and O–H groups in total. The minimum atomic E-state index is -4.72. The molecule has 0 saturated heterocycles. The third kappa shape index (κ3) is 6.82. The van der Waals surface area contributed by atoms with Crippen molar-refractivity contribution in [3.05, 3.63) is 65.2 Å². The Morgan fingerprint density at radius 1 is 1.07 bits per heavy atom. The van der Waals surface area contributed by atoms with Gasteiger partial charge in [-0.1, -0.05) is 36.4 Å². The fourth-order valence-corrected chi connectivity index (χ4v) is 2.47. The highest BCUT2D eigenvalue weighted by atomic mass is 19.4. The van der Waals surface area contributed by atoms with E-state index in [2.05, 4.69) is 10.1 Å². The van der Waals surface area contributed by atoms with Crippen molar-refractivity contribution in [2.24, 2.45) is 0 Å². The van der Waals surface area contributed by atoms with Gasteiger partial charge in [0.1, 0.15) is 5.75 Å². The van der Waals surface area contributed by atoms with Crippen LogP contribution in [0.3, 0.4) is 0 Å². The molecule has 146 valence electrons. The Balaban J connectivity index is 1.88. The zero-order chi connectivity index (χ0) is 19.9. The number of ether oxygens (including phenoxy) is 2. The molecule has 2 aromatic rings. The summed E-state index contributed by atoms with van der Waals surface area (Å²) >= 11 is 0. The summed E-state index contributed by atoms with van der Waals surface area (Å²) in [6.07, 6.45) is -4.72. The Morgan fingerprint density at radius 2 is 1.70 bits per heavy atom. The Labute approximate surface area is 155 Å². The Hall–Kier alpha value is -2.74. The quantitative estimate of drug-likeness (QED) is 0.785. The molecule has 0 radical (unpaired) electrons. The first kappa shape index (κ1) is 20.6. The smallest absolute Gasteiger partial charge is 0.406 e. The molecule has 0 aliphatic heterocycles. The van der Waals surface area contributed by atoms with Crippen molar-refractivity contribution in [3.8, 4) is 5.75 Å². The number of hydrogen-bond acceptors (Lipinski definition) is 3. The molecule has 27 heavy (non-hydrogen) atoms. The fraction of sp³-hybridized carbons (Fsp3) is 0.316. The molecule has 0 saturated carbocycles. The van der Waals surface area contributed by atoms with Gasteiger partial charge < -0.3 is 19.7 Å². The van der Waals surface area contributed by atoms with E-state index in [4.69, 9.17) is 4.74 Å². The average molecular weight is 382 g/mol. The maximum atomic E-state index is 12.3. The first-order chi connectivity index (χ1) is 12.8. The van der Waals surface area contributed by atoms with Gasteiger partial charge in [-0.05, 0) is 28.8 Å². The number of alkyl halides is 3. The average Bonchev–Trinajstić information content (AvgIpc) is 2.61. The molecule has 0 heterocycles. The van der Waals surface area contributed by atoms with Crippen molar-refractivity contribution in [3.63, 3.8) is 0 Å². The molecule has 2 rings (SSSR count). The van der Waals surface area contributed by atoms with E-state index in [1.807, 2.05) is 24.3 Å². The summed E-state index contributed by atoms with van der Waals surface area (Å²) in [5, 5.41) is 2.82. The molecule has 0 unspecified atom stereocenters. The topological polar surface area (TPSA) is 50.8 Å². The summed E-state index contributed by atoms with van der Waals surface area (Å²) < 4.78 is 45.5. The van der Waals surface area contributed by atoms with Crippen LogP contribution in [0, 0.1) is 0 Å². The van der Waals surface area contributed by atoms with Crippen LogP contribution in [0.1, 0.15) is 16.7 Å². The molecule has 8 heteroatoms. The van der Waals surface area contributed by atoms with Crippen LogP contribution in [0.4, 0.5) is 18.0 Å². The lowest BCUT2D eigenvalue weighted by Gasteiger charge is -2.19. The Morgan fingerprint density at radius 3 is 2.30 bits per heavy atom. The molecule has 0 fully saturated rings. The maximum Gasteiger partial charge on any atom is 0.573 e. The Kier molecular flexibility index (Phi) is 7.06. The summed E-state index contributed by atoms with van der Waals surface area (Å²) in [7, 11) is 3.21. The van der Waals surface area contributed by atoms with E-state index in [1.54, 1.807) is 14.2 Å². The van der Waals surface area contributed by atoms with E-state index in [0.29, 0.717) is 18.7 Å². The van der Waals surface area contributed by atoms with E-state index in [1.165, 1.54) is 29.2 Å². The largest absolute Gasteiger partial charge is 0.573 e. The summed E-state index contributed by atoms with van der Waals surface area (Å²) in [4.78, 5) is 13.7. The molecule has 2 aromatic carbocycles. The number of urea groups is 1. The second-order valence-corrected chi connectivity index (χ2v) is 5.91. The molecule has 0 aromatic heterocycles. The number of hydrogen-bond donors (Lipinski definition) is 1. The van der Waals surface area contributed by atoms with Gasteiger partial charge in [0.2, 0.25) is 0 Å². The van der Waals surface area contributed by atoms with Crippen molar-refractivity contribution < 1.29 is 27.4 Å². The van der Waals surface area contributed by atoms with Crippen molar-refractivity contribution in [2.75, 3.05) is 14.2 Å². The number of amides is 2. The van der Waals surface area contributed by atoms with Crippen LogP contribution in [-0.4, -0.2) is 31.5 Å². The number of halogens is 3. The normalized spacial score (nSPS) is 11.1. The minimum absolute atomic E-state index is 0.248. The molecule has 0 atom stereocenters. The predicted octanol–water partition coefficient (Wildman–Crippen LogP) is 4.07. The van der Waals surface area contributed by atoms with Gasteiger partial charge in [0.05, 0.1) is 6.61 Å². The summed E-state index contributed by atoms with van der Waals surface area (Å²) in [5.41, 5.74) is 2.62. The fourth-order valence-electron chi connectivity index (χ4n) is 2.47. The van der Waals surface area contributed by atoms with Crippen LogP contribution in [0.5, 0.6) is 5.75 Å². The number of nitrogens with zero attached hydrogens (tertiary/aromatic N) is 1. The first-order valence-electron chi connectivity index (χ1n) is 8.18. The molecule has 0 spiro atoms. The van der Waals surface area contributed by atoms with E-state index < -0.39 is 6.36 Å². The van der Waals surface area contributed by atoms with Crippen LogP contribution < -0.4 is 10.1 Å². The molecule has 5 nitrogen and oxygen atoms in total. The standard InChI is InChI=1S/C19H21F3N2O3/c1-24(12-14-7-9-17(10-8-14)27-19(20,21)22)18(25)23-11-15-5-3-4-6-16(15)13-26-2/h3-10H,11-13H2,1-2H3,(H,23,25). The minimum Gasteiger partial charge on any atom is -0.406 e. The van der Waals surface area contributed by atoms with E-state index in [-0.39, 0.29) is 18.3 Å². The van der Waals surface area contributed by atoms with Crippen LogP contribution in [0.2, 0.25) is 0 Å². The number of carbonyl (C=O) groups is 1. The van der Waals surface area contributed by atoms with Crippen LogP contribution in [0.25, 0.3) is 0 Å². The second-order valence-electron chi connectivity index (χ2n) is 5.91. The van der Waals surface area contributed by atoms with Gasteiger partial charge in [-0.15, -0.1) is 13.2 Å². The van der Waals surface area contributed by atoms with E-state index in [0.717, 1.165) is 11.1 Å². The highest BCUT2D eigenvalue weighted by Crippen LogP contribution is 2.23. The van der Waals surface area contributed by atoms with Crippen molar-refractivity contribution in [1.29, 1.82) is 0 Å². The monoisotopic (exact) mass is 382 g/mol. The maximum absolute atomic E-state index is 12.3. The summed E-state index contributed by atoms with van der Waals surface area (Å²) in [6.45, 7) is 1.05. The van der Waals surface area contributed by atoms with Crippen molar-refractivity contribution >= 4 is 6.03 Å². The third-order valence-corrected chi connectivity index (χ3v) is 3.77. The number of methoxy groups -OCH3 is 1. The molecular weight excluding hydrogens is 361 g/mol. The zero-order valence-corrected chi connectivity index (χ0v) is 15.0. The van der Waals surface area contributed by atoms with Gasteiger partial charge in [-0.3, -0.25) is 0 Å². The van der Waals surface area contributed by atoms with Gasteiger partial charge in [0.25, 0.3) is 0 Å². The summed E-state index contributed by atoms with van der Waals surface area (Å²) in [6, 6.07) is 12.7. The lowest BCUT2D eigenvalue weighted by atomic mass is 10.1. The molecule has 0 aliphatic rings. The van der Waals surface area contributed by atoms with Gasteiger partial charge >= 0.3 is 12.4 Å². The number of nitrogens with one attached hydrogen (secondary N) is 1. The summed E-state index contributed by atoms with van der Waals surface area (Å²) in [5.74, 6) is -0.298. The van der Waals surface area contributed by atoms with Crippen molar-refractivity contribution in [2.45, 2.75) is 26.1 Å². The zero-order valence-electron chi connectivity index (χ0n) is 15.0. The SMILES string of the molecule is COCc1ccccc1CNC(=O)N(C)Cc1ccc(OC(F)(F)F)cc1. The molecular formula is C19H21F3N2O3. The van der Waals surface area contributed by atoms with Crippen LogP contribution in [0.15, 0.2) is 48.5 Å². The molecule has 0 aliphatic carbocycles. The second kappa shape index (κ2) is 9.27. The highest BCUT2D eigenvalue weighted by molar-refractivity contribution is 5.73. The number of carbonyl (C=O) groups excluding carboxylic acids is 1. The van der Waals surface area contributed by atoms with Gasteiger partial charge in [-0.2, -0.15) is 0 Å². The lowest BCUT2D eigenvalue weighted by Crippen LogP contribution is -2.36. The third-order valence-electron chi connectivity index (χ3n) is 3.77. The van der Waals surface area contributed by atoms with Crippen molar-refractivity contribution in [1.82, 2.24) is 10.2 Å². The highest BCUT2D eigenvalue weighted by Gasteiger charge is 2.30. The van der Waals surface area contributed by atoms with E-state index >= 15 is 0 Å². The van der Waals surface area contributed by atoms with Gasteiger partial charge in [0, 0.05) is 27.2 Å². The molecule has 2 amide bonds. The predicted molar refractivity (Wildman–Crippen MR) is 94.0 cm³/mol. The first-order valence-corrected chi connectivity index (χ1v) is 8.18. The molecule has 0 bridgehead atoms. The Bertz CT molecular complexity index is 749. The van der Waals surface area contributed by atoms with Crippen LogP contribution >= 0.6 is 0 Å². The van der Waals surface area contributed by atoms with Crippen LogP contribution in [-0.2, 0) is 24.4 Å². The van der Waals surface area contributed by atoms with Gasteiger partial charge in [0.15, 0.2) is 0 Å². The number of rotatable bonds is 7.